The highest BCUT2D eigenvalue weighted by atomic mass is 28.4. The van der Waals surface area contributed by atoms with Gasteiger partial charge in [0.05, 0.1) is 14.2 Å². The molecule has 0 aliphatic carbocycles. The fourth-order valence-electron chi connectivity index (χ4n) is 3.68. The third-order valence-corrected chi connectivity index (χ3v) is 16.2. The topological polar surface area (TPSA) is 77.4 Å². The lowest BCUT2D eigenvalue weighted by atomic mass is 10.1. The molecular formula is C24H40O6Si3. The van der Waals surface area contributed by atoms with Gasteiger partial charge >= 0.3 is 0 Å². The summed E-state index contributed by atoms with van der Waals surface area (Å²) in [4.78, 5) is 0. The second-order valence-corrected chi connectivity index (χ2v) is 20.2. The highest BCUT2D eigenvalue weighted by molar-refractivity contribution is 6.78. The highest BCUT2D eigenvalue weighted by Crippen LogP contribution is 2.28. The molecule has 0 aromatic heterocycles. The van der Waals surface area contributed by atoms with Crippen molar-refractivity contribution in [1.29, 1.82) is 0 Å². The smallest absolute Gasteiger partial charge is 0.283 e. The van der Waals surface area contributed by atoms with Crippen LogP contribution in [0.1, 0.15) is 24.0 Å². The molecule has 0 atom stereocenters. The summed E-state index contributed by atoms with van der Waals surface area (Å²) in [5.74, 6) is 1.41. The summed E-state index contributed by atoms with van der Waals surface area (Å²) in [6, 6.07) is 13.3. The molecule has 6 nitrogen and oxygen atoms in total. The van der Waals surface area contributed by atoms with Crippen LogP contribution in [0.4, 0.5) is 0 Å². The molecule has 0 aliphatic heterocycles. The molecule has 0 unspecified atom stereocenters. The largest absolute Gasteiger partial charge is 0.504 e. The maximum absolute atomic E-state index is 9.74. The Labute approximate surface area is 203 Å². The van der Waals surface area contributed by atoms with Crippen LogP contribution < -0.4 is 9.47 Å². The molecule has 2 aromatic rings. The van der Waals surface area contributed by atoms with Gasteiger partial charge in [-0.2, -0.15) is 0 Å². The van der Waals surface area contributed by atoms with Crippen molar-refractivity contribution >= 4 is 26.6 Å². The number of ether oxygens (including phenoxy) is 2. The number of hydrogen-bond acceptors (Lipinski definition) is 6. The van der Waals surface area contributed by atoms with Crippen LogP contribution >= 0.6 is 0 Å². The predicted octanol–water partition coefficient (Wildman–Crippen LogP) is 5.12. The lowest BCUT2D eigenvalue weighted by molar-refractivity contribution is 0.373. The summed E-state index contributed by atoms with van der Waals surface area (Å²) in [6.07, 6.45) is 4.00. The zero-order chi connectivity index (χ0) is 24.5. The fraction of sp³-hybridized carbons (Fsp3) is 0.500. The van der Waals surface area contributed by atoms with E-state index in [0.29, 0.717) is 11.5 Å². The first-order chi connectivity index (χ1) is 15.5. The van der Waals surface area contributed by atoms with Gasteiger partial charge in [-0.25, -0.2) is 0 Å². The van der Waals surface area contributed by atoms with Crippen LogP contribution in [0.15, 0.2) is 36.4 Å². The molecule has 2 rings (SSSR count). The van der Waals surface area contributed by atoms with Gasteiger partial charge in [-0.15, -0.1) is 0 Å². The first-order valence-electron chi connectivity index (χ1n) is 11.5. The SMILES string of the molecule is COc1cc(CCC[Si](C)(C)O[SiH2]O[Si](C)(C)CCCc2ccc(O)c(OC)c2)ccc1O. The minimum absolute atomic E-state index is 0.178. The maximum atomic E-state index is 9.74. The summed E-state index contributed by atoms with van der Waals surface area (Å²) >= 11 is 0. The zero-order valence-corrected chi connectivity index (χ0v) is 24.4. The number of hydrogen-bond donors (Lipinski definition) is 2. The average molecular weight is 509 g/mol. The van der Waals surface area contributed by atoms with E-state index in [-0.39, 0.29) is 11.5 Å². The van der Waals surface area contributed by atoms with Gasteiger partial charge in [-0.05, 0) is 99.4 Å². The Morgan fingerprint density at radius 3 is 1.45 bits per heavy atom. The minimum atomic E-state index is -1.75. The summed E-state index contributed by atoms with van der Waals surface area (Å²) in [6.45, 7) is 9.09. The molecule has 33 heavy (non-hydrogen) atoms. The normalized spacial score (nSPS) is 12.1. The second-order valence-electron chi connectivity index (χ2n) is 9.65. The Bertz CT molecular complexity index is 817. The van der Waals surface area contributed by atoms with E-state index < -0.39 is 26.6 Å². The quantitative estimate of drug-likeness (QED) is 0.345. The highest BCUT2D eigenvalue weighted by Gasteiger charge is 2.26. The van der Waals surface area contributed by atoms with Gasteiger partial charge in [-0.3, -0.25) is 0 Å². The lowest BCUT2D eigenvalue weighted by Gasteiger charge is -2.28. The monoisotopic (exact) mass is 508 g/mol. The summed E-state index contributed by atoms with van der Waals surface area (Å²) < 4.78 is 23.1. The van der Waals surface area contributed by atoms with Crippen LogP contribution in [0, 0.1) is 0 Å². The number of benzene rings is 2. The molecule has 2 N–H and O–H groups in total. The van der Waals surface area contributed by atoms with E-state index in [1.165, 1.54) is 11.1 Å². The number of rotatable bonds is 14. The van der Waals surface area contributed by atoms with E-state index in [4.69, 9.17) is 17.7 Å². The first kappa shape index (κ1) is 27.5. The van der Waals surface area contributed by atoms with Gasteiger partial charge in [0, 0.05) is 0 Å². The predicted molar refractivity (Wildman–Crippen MR) is 141 cm³/mol. The molecule has 0 amide bonds. The first-order valence-corrected chi connectivity index (χ1v) is 18.9. The Balaban J connectivity index is 1.70. The maximum Gasteiger partial charge on any atom is 0.283 e. The van der Waals surface area contributed by atoms with Crippen LogP contribution in [0.5, 0.6) is 23.0 Å². The molecule has 0 radical (unpaired) electrons. The van der Waals surface area contributed by atoms with E-state index in [1.54, 1.807) is 26.4 Å². The van der Waals surface area contributed by atoms with Gasteiger partial charge in [0.2, 0.25) is 0 Å². The molecule has 0 heterocycles. The molecular weight excluding hydrogens is 469 g/mol. The van der Waals surface area contributed by atoms with Crippen molar-refractivity contribution in [2.45, 2.75) is 64.0 Å². The minimum Gasteiger partial charge on any atom is -0.504 e. The third-order valence-electron chi connectivity index (χ3n) is 5.88. The van der Waals surface area contributed by atoms with Crippen LogP contribution in [0.2, 0.25) is 38.3 Å². The van der Waals surface area contributed by atoms with Gasteiger partial charge in [-0.1, -0.05) is 12.1 Å². The Morgan fingerprint density at radius 2 is 1.09 bits per heavy atom. The molecule has 0 fully saturated rings. The fourth-order valence-corrected chi connectivity index (χ4v) is 10.2. The van der Waals surface area contributed by atoms with Crippen molar-refractivity contribution in [3.63, 3.8) is 0 Å². The Morgan fingerprint density at radius 1 is 0.697 bits per heavy atom. The van der Waals surface area contributed by atoms with Crippen LogP contribution in [-0.4, -0.2) is 51.1 Å². The van der Waals surface area contributed by atoms with E-state index >= 15 is 0 Å². The zero-order valence-electron chi connectivity index (χ0n) is 20.9. The number of aromatic hydroxyl groups is 2. The van der Waals surface area contributed by atoms with Crippen molar-refractivity contribution in [2.75, 3.05) is 14.2 Å². The summed E-state index contributed by atoms with van der Waals surface area (Å²) in [5.41, 5.74) is 2.34. The molecule has 184 valence electrons. The standard InChI is InChI=1S/C24H40O6Si3/c1-27-23-17-19(11-13-21(23)25)9-7-15-32(3,4)29-31-30-33(5,6)16-8-10-20-12-14-22(26)24(18-20)28-2/h11-14,17-18,25-26H,7-10,15-16,31H2,1-6H3. The van der Waals surface area contributed by atoms with Crippen LogP contribution in [0.25, 0.3) is 0 Å². The number of phenolic OH excluding ortho intramolecular Hbond substituents is 2. The van der Waals surface area contributed by atoms with Gasteiger partial charge in [0.1, 0.15) is 0 Å². The second kappa shape index (κ2) is 12.6. The number of aryl methyl sites for hydroxylation is 2. The third kappa shape index (κ3) is 9.54. The van der Waals surface area contributed by atoms with Crippen molar-refractivity contribution in [3.8, 4) is 23.0 Å². The van der Waals surface area contributed by atoms with Gasteiger partial charge < -0.3 is 27.9 Å². The molecule has 2 aromatic carbocycles. The van der Waals surface area contributed by atoms with Crippen LogP contribution in [-0.2, 0) is 21.1 Å². The molecule has 0 bridgehead atoms. The van der Waals surface area contributed by atoms with E-state index in [1.807, 2.05) is 24.3 Å². The molecule has 0 spiro atoms. The Kier molecular flexibility index (Phi) is 10.5. The van der Waals surface area contributed by atoms with Gasteiger partial charge in [0.25, 0.3) is 10.0 Å². The molecule has 0 saturated carbocycles. The molecule has 0 saturated heterocycles. The summed E-state index contributed by atoms with van der Waals surface area (Å²) in [5, 5.41) is 19.5. The van der Waals surface area contributed by atoms with Crippen molar-refractivity contribution in [3.05, 3.63) is 47.5 Å². The van der Waals surface area contributed by atoms with Crippen molar-refractivity contribution in [1.82, 2.24) is 0 Å². The van der Waals surface area contributed by atoms with E-state index in [9.17, 15) is 10.2 Å². The van der Waals surface area contributed by atoms with Gasteiger partial charge in [0.15, 0.2) is 39.6 Å². The number of methoxy groups -OCH3 is 2. The summed E-state index contributed by atoms with van der Waals surface area (Å²) in [7, 11) is -1.35. The molecule has 9 heteroatoms. The lowest BCUT2D eigenvalue weighted by Crippen LogP contribution is -2.38. The van der Waals surface area contributed by atoms with Crippen LogP contribution in [0.3, 0.4) is 0 Å². The number of phenols is 2. The molecule has 0 aliphatic rings. The van der Waals surface area contributed by atoms with Crippen molar-refractivity contribution < 1.29 is 27.9 Å². The van der Waals surface area contributed by atoms with E-state index in [0.717, 1.165) is 37.8 Å². The Hall–Kier alpha value is -1.79. The van der Waals surface area contributed by atoms with Crippen molar-refractivity contribution in [2.24, 2.45) is 0 Å². The van der Waals surface area contributed by atoms with E-state index in [2.05, 4.69) is 26.2 Å². The average Bonchev–Trinajstić information content (AvgIpc) is 2.75.